The summed E-state index contributed by atoms with van der Waals surface area (Å²) in [4.78, 5) is 12.1. The highest BCUT2D eigenvalue weighted by molar-refractivity contribution is 5.83. The van der Waals surface area contributed by atoms with Crippen LogP contribution in [-0.4, -0.2) is 23.7 Å². The molecule has 1 aromatic carbocycles. The Morgan fingerprint density at radius 2 is 2.05 bits per heavy atom. The normalized spacial score (nSPS) is 22.8. The Balaban J connectivity index is 2.05. The van der Waals surface area contributed by atoms with Gasteiger partial charge in [-0.15, -0.1) is 0 Å². The average Bonchev–Trinajstić information content (AvgIpc) is 2.86. The van der Waals surface area contributed by atoms with Gasteiger partial charge in [-0.25, -0.2) is 8.78 Å². The van der Waals surface area contributed by atoms with Crippen molar-refractivity contribution in [2.75, 3.05) is 6.61 Å². The summed E-state index contributed by atoms with van der Waals surface area (Å²) in [6, 6.07) is 3.35. The largest absolute Gasteiger partial charge is 0.396 e. The first-order valence-electron chi connectivity index (χ1n) is 6.56. The second kappa shape index (κ2) is 6.13. The van der Waals surface area contributed by atoms with Gasteiger partial charge in [0.05, 0.1) is 5.92 Å². The van der Waals surface area contributed by atoms with Gasteiger partial charge >= 0.3 is 0 Å². The van der Waals surface area contributed by atoms with E-state index in [4.69, 9.17) is 5.11 Å². The van der Waals surface area contributed by atoms with E-state index in [1.807, 2.05) is 6.08 Å². The second-order valence-corrected chi connectivity index (χ2v) is 5.04. The number of nitrogens with one attached hydrogen (secondary N) is 1. The van der Waals surface area contributed by atoms with Crippen molar-refractivity contribution in [3.8, 4) is 0 Å². The van der Waals surface area contributed by atoms with Gasteiger partial charge in [-0.1, -0.05) is 18.2 Å². The number of aliphatic hydroxyl groups excluding tert-OH is 1. The molecule has 0 aliphatic heterocycles. The Bertz CT molecular complexity index is 510. The molecule has 0 fully saturated rings. The van der Waals surface area contributed by atoms with E-state index in [0.717, 1.165) is 12.1 Å². The highest BCUT2D eigenvalue weighted by atomic mass is 19.1. The number of carbonyl (C=O) groups is 1. The minimum Gasteiger partial charge on any atom is -0.396 e. The molecule has 5 heteroatoms. The zero-order chi connectivity index (χ0) is 14.7. The minimum absolute atomic E-state index is 0.0281. The van der Waals surface area contributed by atoms with Crippen LogP contribution in [0.25, 0.3) is 0 Å². The first kappa shape index (κ1) is 14.7. The summed E-state index contributed by atoms with van der Waals surface area (Å²) in [5.74, 6) is -2.74. The lowest BCUT2D eigenvalue weighted by Gasteiger charge is -2.18. The van der Waals surface area contributed by atoms with E-state index >= 15 is 0 Å². The molecule has 1 aliphatic rings. The molecule has 0 saturated heterocycles. The summed E-state index contributed by atoms with van der Waals surface area (Å²) < 4.78 is 27.2. The van der Waals surface area contributed by atoms with E-state index in [2.05, 4.69) is 5.32 Å². The van der Waals surface area contributed by atoms with E-state index in [-0.39, 0.29) is 24.1 Å². The first-order chi connectivity index (χ1) is 9.52. The number of benzene rings is 1. The van der Waals surface area contributed by atoms with Crippen LogP contribution < -0.4 is 5.32 Å². The van der Waals surface area contributed by atoms with Gasteiger partial charge in [0.1, 0.15) is 11.6 Å². The zero-order valence-electron chi connectivity index (χ0n) is 11.1. The quantitative estimate of drug-likeness (QED) is 0.831. The van der Waals surface area contributed by atoms with Crippen LogP contribution in [0, 0.1) is 17.6 Å². The molecule has 1 unspecified atom stereocenters. The van der Waals surface area contributed by atoms with Crippen LogP contribution in [0.3, 0.4) is 0 Å². The molecule has 1 aliphatic carbocycles. The monoisotopic (exact) mass is 281 g/mol. The van der Waals surface area contributed by atoms with Crippen molar-refractivity contribution in [3.05, 3.63) is 47.5 Å². The molecule has 0 bridgehead atoms. The molecule has 0 saturated carbocycles. The average molecular weight is 281 g/mol. The smallest absolute Gasteiger partial charge is 0.227 e. The maximum atomic E-state index is 13.6. The first-order valence-corrected chi connectivity index (χ1v) is 6.56. The number of halogens is 2. The van der Waals surface area contributed by atoms with Gasteiger partial charge in [0.15, 0.2) is 0 Å². The summed E-state index contributed by atoms with van der Waals surface area (Å²) in [6.45, 7) is 1.50. The van der Waals surface area contributed by atoms with Crippen molar-refractivity contribution >= 4 is 5.91 Å². The highest BCUT2D eigenvalue weighted by Crippen LogP contribution is 2.24. The number of rotatable bonds is 4. The maximum absolute atomic E-state index is 13.6. The Morgan fingerprint density at radius 1 is 1.40 bits per heavy atom. The van der Waals surface area contributed by atoms with Crippen molar-refractivity contribution in [2.45, 2.75) is 25.3 Å². The molecule has 108 valence electrons. The van der Waals surface area contributed by atoms with Gasteiger partial charge in [0, 0.05) is 24.1 Å². The number of carbonyl (C=O) groups excluding carboxylic acids is 1. The third-order valence-electron chi connectivity index (χ3n) is 3.56. The Labute approximate surface area is 116 Å². The third-order valence-corrected chi connectivity index (χ3v) is 3.56. The van der Waals surface area contributed by atoms with E-state index in [0.29, 0.717) is 6.42 Å². The number of hydrogen-bond acceptors (Lipinski definition) is 2. The van der Waals surface area contributed by atoms with Gasteiger partial charge in [-0.05, 0) is 25.5 Å². The van der Waals surface area contributed by atoms with Crippen LogP contribution >= 0.6 is 0 Å². The molecular formula is C15H17F2NO2. The van der Waals surface area contributed by atoms with E-state index in [9.17, 15) is 13.6 Å². The molecule has 0 spiro atoms. The summed E-state index contributed by atoms with van der Waals surface area (Å²) in [7, 11) is 0. The van der Waals surface area contributed by atoms with Gasteiger partial charge < -0.3 is 10.4 Å². The molecule has 3 nitrogen and oxygen atoms in total. The van der Waals surface area contributed by atoms with Gasteiger partial charge in [0.2, 0.25) is 5.91 Å². The molecule has 20 heavy (non-hydrogen) atoms. The Hall–Kier alpha value is -1.75. The van der Waals surface area contributed by atoms with Crippen LogP contribution in [-0.2, 0) is 4.79 Å². The maximum Gasteiger partial charge on any atom is 0.227 e. The van der Waals surface area contributed by atoms with Crippen LogP contribution in [0.5, 0.6) is 0 Å². The highest BCUT2D eigenvalue weighted by Gasteiger charge is 2.26. The lowest BCUT2D eigenvalue weighted by atomic mass is 9.98. The summed E-state index contributed by atoms with van der Waals surface area (Å²) in [5, 5.41) is 11.7. The minimum atomic E-state index is -0.905. The molecule has 1 aromatic rings. The fraction of sp³-hybridized carbons (Fsp3) is 0.400. The van der Waals surface area contributed by atoms with Crippen molar-refractivity contribution < 1.29 is 18.7 Å². The number of amides is 1. The molecule has 2 N–H and O–H groups in total. The molecule has 0 aromatic heterocycles. The Kier molecular flexibility index (Phi) is 4.49. The molecule has 0 heterocycles. The predicted molar refractivity (Wildman–Crippen MR) is 71.0 cm³/mol. The van der Waals surface area contributed by atoms with Crippen molar-refractivity contribution in [2.24, 2.45) is 5.92 Å². The summed E-state index contributed by atoms with van der Waals surface area (Å²) in [6.07, 6.45) is 4.23. The fourth-order valence-corrected chi connectivity index (χ4v) is 2.38. The van der Waals surface area contributed by atoms with Crippen molar-refractivity contribution in [1.82, 2.24) is 5.32 Å². The molecule has 2 rings (SSSR count). The lowest BCUT2D eigenvalue weighted by molar-refractivity contribution is -0.122. The van der Waals surface area contributed by atoms with E-state index < -0.39 is 23.5 Å². The van der Waals surface area contributed by atoms with Gasteiger partial charge in [-0.2, -0.15) is 0 Å². The summed E-state index contributed by atoms with van der Waals surface area (Å²) >= 11 is 0. The van der Waals surface area contributed by atoms with Crippen LogP contribution in [0.2, 0.25) is 0 Å². The van der Waals surface area contributed by atoms with Crippen LogP contribution in [0.15, 0.2) is 30.4 Å². The zero-order valence-corrected chi connectivity index (χ0v) is 11.1. The van der Waals surface area contributed by atoms with E-state index in [1.54, 1.807) is 6.08 Å². The molecule has 1 amide bonds. The predicted octanol–water partition coefficient (Wildman–Crippen LogP) is 2.12. The van der Waals surface area contributed by atoms with Crippen LogP contribution in [0.4, 0.5) is 8.78 Å². The Morgan fingerprint density at radius 3 is 2.60 bits per heavy atom. The molecular weight excluding hydrogens is 264 g/mol. The van der Waals surface area contributed by atoms with Gasteiger partial charge in [0.25, 0.3) is 0 Å². The molecule has 0 radical (unpaired) electrons. The number of hydrogen-bond donors (Lipinski definition) is 2. The fourth-order valence-electron chi connectivity index (χ4n) is 2.38. The number of aliphatic hydroxyl groups is 1. The SMILES string of the molecule is CC(C(=O)N[C@@H]1C=C[C@H](CO)C1)c1c(F)cccc1F. The van der Waals surface area contributed by atoms with Crippen molar-refractivity contribution in [1.29, 1.82) is 0 Å². The topological polar surface area (TPSA) is 49.3 Å². The van der Waals surface area contributed by atoms with Gasteiger partial charge in [-0.3, -0.25) is 4.79 Å². The van der Waals surface area contributed by atoms with Crippen LogP contribution in [0.1, 0.15) is 24.8 Å². The standard InChI is InChI=1S/C15H17F2NO2/c1-9(14-12(16)3-2-4-13(14)17)15(20)18-11-6-5-10(7-11)8-19/h2-6,9-11,19H,7-8H2,1H3,(H,18,20)/t9?,10-,11+/m0/s1. The second-order valence-electron chi connectivity index (χ2n) is 5.04. The van der Waals surface area contributed by atoms with E-state index in [1.165, 1.54) is 13.0 Å². The summed E-state index contributed by atoms with van der Waals surface area (Å²) in [5.41, 5.74) is -0.217. The third kappa shape index (κ3) is 3.04. The molecule has 3 atom stereocenters. The lowest BCUT2D eigenvalue weighted by Crippen LogP contribution is -2.36. The van der Waals surface area contributed by atoms with Crippen molar-refractivity contribution in [3.63, 3.8) is 0 Å².